The Morgan fingerprint density at radius 2 is 1.92 bits per heavy atom. The Kier molecular flexibility index (Phi) is 3.63. The summed E-state index contributed by atoms with van der Waals surface area (Å²) in [5.74, 6) is 0. The summed E-state index contributed by atoms with van der Waals surface area (Å²) in [5, 5.41) is 39.8. The van der Waals surface area contributed by atoms with E-state index in [1.165, 1.54) is 0 Å². The van der Waals surface area contributed by atoms with Crippen LogP contribution < -0.4 is 5.32 Å². The van der Waals surface area contributed by atoms with Crippen molar-refractivity contribution in [2.24, 2.45) is 0 Å². The lowest BCUT2D eigenvalue weighted by molar-refractivity contribution is -0.0130. The van der Waals surface area contributed by atoms with Gasteiger partial charge in [0, 0.05) is 6.04 Å². The first-order valence-corrected chi connectivity index (χ1v) is 4.53. The first kappa shape index (κ1) is 10.9. The van der Waals surface area contributed by atoms with E-state index in [2.05, 4.69) is 5.32 Å². The lowest BCUT2D eigenvalue weighted by atomic mass is 10.0. The summed E-state index contributed by atoms with van der Waals surface area (Å²) in [6.45, 7) is 1.46. The maximum absolute atomic E-state index is 9.48. The molecule has 78 valence electrons. The van der Waals surface area contributed by atoms with Crippen molar-refractivity contribution in [3.05, 3.63) is 0 Å². The van der Waals surface area contributed by atoms with Gasteiger partial charge in [-0.15, -0.1) is 0 Å². The Labute approximate surface area is 77.0 Å². The van der Waals surface area contributed by atoms with Crippen molar-refractivity contribution in [1.82, 2.24) is 5.32 Å². The minimum atomic E-state index is -1.03. The van der Waals surface area contributed by atoms with Crippen LogP contribution in [0.1, 0.15) is 13.3 Å². The maximum Gasteiger partial charge on any atom is 0.0993 e. The molecule has 0 amide bonds. The molecular weight excluding hydrogens is 174 g/mol. The van der Waals surface area contributed by atoms with Gasteiger partial charge in [-0.2, -0.15) is 0 Å². The molecule has 0 saturated carbocycles. The Morgan fingerprint density at radius 3 is 2.31 bits per heavy atom. The van der Waals surface area contributed by atoms with Crippen molar-refractivity contribution in [1.29, 1.82) is 0 Å². The normalized spacial score (nSPS) is 42.2. The molecule has 0 aromatic carbocycles. The van der Waals surface area contributed by atoms with Crippen molar-refractivity contribution < 1.29 is 20.4 Å². The van der Waals surface area contributed by atoms with Crippen LogP contribution in [0.4, 0.5) is 0 Å². The predicted octanol–water partition coefficient (Wildman–Crippen LogP) is -2.19. The fourth-order valence-electron chi connectivity index (χ4n) is 1.71. The van der Waals surface area contributed by atoms with Gasteiger partial charge in [-0.1, -0.05) is 6.92 Å². The van der Waals surface area contributed by atoms with Crippen LogP contribution in [0.3, 0.4) is 0 Å². The van der Waals surface area contributed by atoms with Gasteiger partial charge in [0.1, 0.15) is 0 Å². The van der Waals surface area contributed by atoms with Gasteiger partial charge in [0.2, 0.25) is 0 Å². The molecule has 13 heavy (non-hydrogen) atoms. The molecule has 5 nitrogen and oxygen atoms in total. The monoisotopic (exact) mass is 191 g/mol. The van der Waals surface area contributed by atoms with Crippen LogP contribution in [0.5, 0.6) is 0 Å². The molecule has 1 rings (SSSR count). The van der Waals surface area contributed by atoms with Crippen molar-refractivity contribution in [3.8, 4) is 0 Å². The molecule has 5 atom stereocenters. The predicted molar refractivity (Wildman–Crippen MR) is 46.1 cm³/mol. The molecule has 1 fully saturated rings. The van der Waals surface area contributed by atoms with E-state index < -0.39 is 31.0 Å². The van der Waals surface area contributed by atoms with Crippen LogP contribution in [0, 0.1) is 0 Å². The highest BCUT2D eigenvalue weighted by Gasteiger charge is 2.42. The zero-order valence-electron chi connectivity index (χ0n) is 7.59. The van der Waals surface area contributed by atoms with Crippen molar-refractivity contribution in [2.45, 2.75) is 43.7 Å². The van der Waals surface area contributed by atoms with E-state index in [1.807, 2.05) is 6.92 Å². The summed E-state index contributed by atoms with van der Waals surface area (Å²) in [7, 11) is 0. The molecule has 0 aliphatic carbocycles. The van der Waals surface area contributed by atoms with E-state index in [0.717, 1.165) is 0 Å². The SMILES string of the molecule is CC[C@@H]1N[C@H](C(O)CO)[C@H](O)[C@H]1O. The highest BCUT2D eigenvalue weighted by atomic mass is 16.3. The van der Waals surface area contributed by atoms with Gasteiger partial charge in [-0.25, -0.2) is 0 Å². The van der Waals surface area contributed by atoms with Crippen molar-refractivity contribution >= 4 is 0 Å². The zero-order chi connectivity index (χ0) is 10.0. The molecule has 0 radical (unpaired) electrons. The zero-order valence-corrected chi connectivity index (χ0v) is 7.59. The summed E-state index contributed by atoms with van der Waals surface area (Å²) >= 11 is 0. The lowest BCUT2D eigenvalue weighted by Crippen LogP contribution is -2.45. The van der Waals surface area contributed by atoms with E-state index >= 15 is 0 Å². The average Bonchev–Trinajstić information content (AvgIpc) is 2.43. The third kappa shape index (κ3) is 2.00. The number of aliphatic hydroxyl groups excluding tert-OH is 4. The lowest BCUT2D eigenvalue weighted by Gasteiger charge is -2.19. The second kappa shape index (κ2) is 4.34. The Bertz CT molecular complexity index is 166. The topological polar surface area (TPSA) is 93.0 Å². The first-order chi connectivity index (χ1) is 6.11. The van der Waals surface area contributed by atoms with Crippen LogP contribution >= 0.6 is 0 Å². The van der Waals surface area contributed by atoms with E-state index in [1.54, 1.807) is 0 Å². The summed E-state index contributed by atoms with van der Waals surface area (Å²) < 4.78 is 0. The summed E-state index contributed by atoms with van der Waals surface area (Å²) in [4.78, 5) is 0. The number of rotatable bonds is 3. The standard InChI is InChI=1S/C8H17NO4/c1-2-4-7(12)8(13)6(9-4)5(11)3-10/h4-13H,2-3H2,1H3/t4-,5?,6+,7-,8-/m0/s1. The fraction of sp³-hybridized carbons (Fsp3) is 1.00. The Balaban J connectivity index is 2.60. The molecule has 1 heterocycles. The van der Waals surface area contributed by atoms with Crippen molar-refractivity contribution in [3.63, 3.8) is 0 Å². The smallest absolute Gasteiger partial charge is 0.0993 e. The molecule has 1 saturated heterocycles. The van der Waals surface area contributed by atoms with E-state index in [0.29, 0.717) is 6.42 Å². The molecule has 1 aliphatic rings. The summed E-state index contributed by atoms with van der Waals surface area (Å²) in [6, 6.07) is -0.842. The Hall–Kier alpha value is -0.200. The summed E-state index contributed by atoms with van der Waals surface area (Å²) in [5.41, 5.74) is 0. The largest absolute Gasteiger partial charge is 0.394 e. The van der Waals surface area contributed by atoms with E-state index in [-0.39, 0.29) is 6.04 Å². The third-order valence-electron chi connectivity index (χ3n) is 2.58. The second-order valence-electron chi connectivity index (χ2n) is 3.44. The van der Waals surface area contributed by atoms with Gasteiger partial charge >= 0.3 is 0 Å². The van der Waals surface area contributed by atoms with Gasteiger partial charge in [-0.05, 0) is 6.42 Å². The van der Waals surface area contributed by atoms with Gasteiger partial charge in [0.25, 0.3) is 0 Å². The number of hydrogen-bond acceptors (Lipinski definition) is 5. The molecule has 0 spiro atoms. The minimum Gasteiger partial charge on any atom is -0.394 e. The van der Waals surface area contributed by atoms with E-state index in [9.17, 15) is 15.3 Å². The molecule has 0 aromatic rings. The second-order valence-corrected chi connectivity index (χ2v) is 3.44. The minimum absolute atomic E-state index is 0.207. The molecule has 5 heteroatoms. The quantitative estimate of drug-likeness (QED) is 0.349. The van der Waals surface area contributed by atoms with Crippen LogP contribution in [-0.2, 0) is 0 Å². The van der Waals surface area contributed by atoms with Gasteiger partial charge in [-0.3, -0.25) is 0 Å². The Morgan fingerprint density at radius 1 is 1.31 bits per heavy atom. The number of hydrogen-bond donors (Lipinski definition) is 5. The highest BCUT2D eigenvalue weighted by molar-refractivity contribution is 5.00. The molecule has 1 unspecified atom stereocenters. The van der Waals surface area contributed by atoms with Crippen LogP contribution in [0.2, 0.25) is 0 Å². The van der Waals surface area contributed by atoms with Gasteiger partial charge in [0.15, 0.2) is 0 Å². The molecule has 0 bridgehead atoms. The summed E-state index contributed by atoms with van der Waals surface area (Å²) in [6.07, 6.45) is -2.23. The van der Waals surface area contributed by atoms with Gasteiger partial charge < -0.3 is 25.7 Å². The molecule has 0 aromatic heterocycles. The number of nitrogens with one attached hydrogen (secondary N) is 1. The van der Waals surface area contributed by atoms with Gasteiger partial charge in [0.05, 0.1) is 31.0 Å². The maximum atomic E-state index is 9.48. The average molecular weight is 191 g/mol. The third-order valence-corrected chi connectivity index (χ3v) is 2.58. The molecular formula is C8H17NO4. The van der Waals surface area contributed by atoms with Crippen molar-refractivity contribution in [2.75, 3.05) is 6.61 Å². The molecule has 1 aliphatic heterocycles. The molecule has 5 N–H and O–H groups in total. The first-order valence-electron chi connectivity index (χ1n) is 4.53. The number of aliphatic hydroxyl groups is 4. The highest BCUT2D eigenvalue weighted by Crippen LogP contribution is 2.18. The van der Waals surface area contributed by atoms with Crippen LogP contribution in [-0.4, -0.2) is 57.4 Å². The fourth-order valence-corrected chi connectivity index (χ4v) is 1.71. The van der Waals surface area contributed by atoms with E-state index in [4.69, 9.17) is 5.11 Å². The van der Waals surface area contributed by atoms with Crippen LogP contribution in [0.25, 0.3) is 0 Å². The van der Waals surface area contributed by atoms with Crippen LogP contribution in [0.15, 0.2) is 0 Å².